The van der Waals surface area contributed by atoms with Crippen molar-refractivity contribution in [2.45, 2.75) is 32.9 Å². The number of anilines is 2. The monoisotopic (exact) mass is 563 g/mol. The number of likely N-dealkylation sites (N-methyl/N-ethyl adjacent to an activating group) is 1. The standard InChI is InChI=1S/C25H37N7.HI/c1-4-30-13-15-31(16-14-30)24-10-7-21(17-27-24)18-28-25(26-3)29-22-11-12-32(19-22)23-8-5-20(2)6-9-23;/h5-10,17,22H,4,11-16,18-19H2,1-3H3,(H2,26,28,29);1H. The molecule has 0 radical (unpaired) electrons. The van der Waals surface area contributed by atoms with Gasteiger partial charge in [0.1, 0.15) is 5.82 Å². The third kappa shape index (κ3) is 6.96. The molecule has 2 aliphatic heterocycles. The van der Waals surface area contributed by atoms with Crippen LogP contribution in [0.2, 0.25) is 0 Å². The summed E-state index contributed by atoms with van der Waals surface area (Å²) in [5, 5.41) is 7.03. The van der Waals surface area contributed by atoms with E-state index >= 15 is 0 Å². The van der Waals surface area contributed by atoms with Crippen molar-refractivity contribution in [1.29, 1.82) is 0 Å². The summed E-state index contributed by atoms with van der Waals surface area (Å²) >= 11 is 0. The SMILES string of the molecule is CCN1CCN(c2ccc(CNC(=NC)NC3CCN(c4ccc(C)cc4)C3)cn2)CC1.I. The van der Waals surface area contributed by atoms with Crippen LogP contribution in [0.15, 0.2) is 47.6 Å². The van der Waals surface area contributed by atoms with Crippen molar-refractivity contribution in [3.05, 3.63) is 53.7 Å². The summed E-state index contributed by atoms with van der Waals surface area (Å²) in [4.78, 5) is 16.4. The topological polar surface area (TPSA) is 59.0 Å². The summed E-state index contributed by atoms with van der Waals surface area (Å²) in [6, 6.07) is 13.5. The van der Waals surface area contributed by atoms with Gasteiger partial charge in [-0.15, -0.1) is 24.0 Å². The summed E-state index contributed by atoms with van der Waals surface area (Å²) < 4.78 is 0. The fraction of sp³-hybridized carbons (Fsp3) is 0.520. The smallest absolute Gasteiger partial charge is 0.191 e. The van der Waals surface area contributed by atoms with Gasteiger partial charge in [-0.05, 0) is 43.7 Å². The molecule has 2 aromatic rings. The third-order valence-electron chi connectivity index (χ3n) is 6.56. The molecule has 4 rings (SSSR count). The second-order valence-corrected chi connectivity index (χ2v) is 8.78. The number of pyridine rings is 1. The van der Waals surface area contributed by atoms with Crippen molar-refractivity contribution in [2.75, 3.05) is 62.7 Å². The number of hydrogen-bond donors (Lipinski definition) is 2. The highest BCUT2D eigenvalue weighted by atomic mass is 127. The summed E-state index contributed by atoms with van der Waals surface area (Å²) in [6.07, 6.45) is 3.09. The number of piperazine rings is 1. The minimum atomic E-state index is 0. The number of benzene rings is 1. The van der Waals surface area contributed by atoms with Gasteiger partial charge in [0.15, 0.2) is 5.96 Å². The van der Waals surface area contributed by atoms with Crippen LogP contribution in [0.25, 0.3) is 0 Å². The van der Waals surface area contributed by atoms with E-state index in [2.05, 4.69) is 80.6 Å². The molecule has 1 atom stereocenters. The molecular weight excluding hydrogens is 525 g/mol. The predicted molar refractivity (Wildman–Crippen MR) is 149 cm³/mol. The van der Waals surface area contributed by atoms with Gasteiger partial charge >= 0.3 is 0 Å². The third-order valence-corrected chi connectivity index (χ3v) is 6.56. The van der Waals surface area contributed by atoms with Crippen LogP contribution in [0.4, 0.5) is 11.5 Å². The molecule has 0 spiro atoms. The van der Waals surface area contributed by atoms with Gasteiger partial charge in [-0.25, -0.2) is 4.98 Å². The Hall–Kier alpha value is -2.07. The Morgan fingerprint density at radius 2 is 1.79 bits per heavy atom. The van der Waals surface area contributed by atoms with E-state index < -0.39 is 0 Å². The lowest BCUT2D eigenvalue weighted by Gasteiger charge is -2.34. The van der Waals surface area contributed by atoms with E-state index in [-0.39, 0.29) is 24.0 Å². The van der Waals surface area contributed by atoms with Gasteiger partial charge in [0.25, 0.3) is 0 Å². The minimum Gasteiger partial charge on any atom is -0.369 e. The van der Waals surface area contributed by atoms with Crippen LogP contribution >= 0.6 is 24.0 Å². The van der Waals surface area contributed by atoms with Crippen molar-refractivity contribution in [1.82, 2.24) is 20.5 Å². The van der Waals surface area contributed by atoms with Gasteiger partial charge in [-0.3, -0.25) is 4.99 Å². The highest BCUT2D eigenvalue weighted by Gasteiger charge is 2.23. The second kappa shape index (κ2) is 12.4. The van der Waals surface area contributed by atoms with Crippen LogP contribution < -0.4 is 20.4 Å². The van der Waals surface area contributed by atoms with Crippen LogP contribution in [0, 0.1) is 6.92 Å². The molecule has 7 nitrogen and oxygen atoms in total. The minimum absolute atomic E-state index is 0. The quantitative estimate of drug-likeness (QED) is 0.320. The maximum absolute atomic E-state index is 4.71. The van der Waals surface area contributed by atoms with E-state index in [0.717, 1.165) is 69.6 Å². The molecule has 3 heterocycles. The van der Waals surface area contributed by atoms with Crippen LogP contribution in [0.1, 0.15) is 24.5 Å². The number of guanidine groups is 1. The lowest BCUT2D eigenvalue weighted by Crippen LogP contribution is -2.46. The molecule has 2 N–H and O–H groups in total. The average Bonchev–Trinajstić information content (AvgIpc) is 3.31. The lowest BCUT2D eigenvalue weighted by molar-refractivity contribution is 0.270. The maximum atomic E-state index is 4.71. The Balaban J connectivity index is 0.00000306. The molecule has 1 aromatic carbocycles. The normalized spacial score (nSPS) is 19.4. The molecule has 33 heavy (non-hydrogen) atoms. The molecule has 1 unspecified atom stereocenters. The Bertz CT molecular complexity index is 877. The molecule has 0 amide bonds. The van der Waals surface area contributed by atoms with Crippen LogP contribution in [-0.2, 0) is 6.54 Å². The largest absolute Gasteiger partial charge is 0.369 e. The van der Waals surface area contributed by atoms with Crippen molar-refractivity contribution >= 4 is 41.4 Å². The molecule has 2 saturated heterocycles. The Morgan fingerprint density at radius 1 is 1.03 bits per heavy atom. The van der Waals surface area contributed by atoms with E-state index in [4.69, 9.17) is 4.98 Å². The van der Waals surface area contributed by atoms with Crippen molar-refractivity contribution in [2.24, 2.45) is 4.99 Å². The summed E-state index contributed by atoms with van der Waals surface area (Å²) in [5.74, 6) is 1.93. The highest BCUT2D eigenvalue weighted by Crippen LogP contribution is 2.20. The number of halogens is 1. The van der Waals surface area contributed by atoms with Gasteiger partial charge in [0.2, 0.25) is 0 Å². The molecule has 0 saturated carbocycles. The van der Waals surface area contributed by atoms with E-state index in [9.17, 15) is 0 Å². The molecule has 0 bridgehead atoms. The van der Waals surface area contributed by atoms with Gasteiger partial charge in [0.05, 0.1) is 0 Å². The average molecular weight is 564 g/mol. The molecule has 2 fully saturated rings. The van der Waals surface area contributed by atoms with Gasteiger partial charge in [0, 0.05) is 70.8 Å². The number of aryl methyl sites for hydroxylation is 1. The number of hydrogen-bond acceptors (Lipinski definition) is 5. The fourth-order valence-corrected chi connectivity index (χ4v) is 4.44. The van der Waals surface area contributed by atoms with Crippen LogP contribution in [0.3, 0.4) is 0 Å². The molecule has 0 aliphatic carbocycles. The zero-order valence-electron chi connectivity index (χ0n) is 20.1. The van der Waals surface area contributed by atoms with Gasteiger partial charge < -0.3 is 25.3 Å². The Kier molecular flexibility index (Phi) is 9.61. The maximum Gasteiger partial charge on any atom is 0.191 e. The molecular formula is C25H38IN7. The first kappa shape index (κ1) is 25.6. The second-order valence-electron chi connectivity index (χ2n) is 8.78. The number of aliphatic imine (C=N–C) groups is 1. The van der Waals surface area contributed by atoms with Gasteiger partial charge in [-0.1, -0.05) is 30.7 Å². The van der Waals surface area contributed by atoms with Crippen molar-refractivity contribution in [3.63, 3.8) is 0 Å². The first-order chi connectivity index (χ1) is 15.6. The summed E-state index contributed by atoms with van der Waals surface area (Å²) in [5.41, 5.74) is 3.76. The Morgan fingerprint density at radius 3 is 2.42 bits per heavy atom. The van der Waals surface area contributed by atoms with Gasteiger partial charge in [-0.2, -0.15) is 0 Å². The molecule has 180 valence electrons. The van der Waals surface area contributed by atoms with E-state index in [1.807, 2.05) is 13.2 Å². The highest BCUT2D eigenvalue weighted by molar-refractivity contribution is 14.0. The number of aromatic nitrogens is 1. The molecule has 1 aromatic heterocycles. The lowest BCUT2D eigenvalue weighted by atomic mass is 10.2. The van der Waals surface area contributed by atoms with E-state index in [1.165, 1.54) is 11.3 Å². The Labute approximate surface area is 215 Å². The summed E-state index contributed by atoms with van der Waals surface area (Å²) in [7, 11) is 1.83. The zero-order valence-corrected chi connectivity index (χ0v) is 22.5. The van der Waals surface area contributed by atoms with Crippen LogP contribution in [0.5, 0.6) is 0 Å². The van der Waals surface area contributed by atoms with Crippen molar-refractivity contribution in [3.8, 4) is 0 Å². The van der Waals surface area contributed by atoms with E-state index in [1.54, 1.807) is 0 Å². The van der Waals surface area contributed by atoms with Crippen LogP contribution in [-0.4, -0.2) is 74.7 Å². The first-order valence-corrected chi connectivity index (χ1v) is 11.9. The zero-order chi connectivity index (χ0) is 22.3. The predicted octanol–water partition coefficient (Wildman–Crippen LogP) is 3.09. The molecule has 8 heteroatoms. The number of nitrogens with one attached hydrogen (secondary N) is 2. The fourth-order valence-electron chi connectivity index (χ4n) is 4.44. The summed E-state index contributed by atoms with van der Waals surface area (Å²) in [6.45, 7) is 12.6. The number of nitrogens with zero attached hydrogens (tertiary/aromatic N) is 5. The van der Waals surface area contributed by atoms with Crippen molar-refractivity contribution < 1.29 is 0 Å². The number of rotatable bonds is 6. The van der Waals surface area contributed by atoms with E-state index in [0.29, 0.717) is 12.6 Å². The first-order valence-electron chi connectivity index (χ1n) is 11.9. The molecule has 2 aliphatic rings.